The largest absolute Gasteiger partial charge is 0.391 e. The lowest BCUT2D eigenvalue weighted by molar-refractivity contribution is -0.122. The van der Waals surface area contributed by atoms with Gasteiger partial charge in [-0.05, 0) is 49.9 Å². The molecular weight excluding hydrogens is 282 g/mol. The third-order valence-corrected chi connectivity index (χ3v) is 5.15. The van der Waals surface area contributed by atoms with E-state index >= 15 is 0 Å². The van der Waals surface area contributed by atoms with Crippen LogP contribution < -0.4 is 5.32 Å². The molecule has 1 amide bonds. The van der Waals surface area contributed by atoms with Crippen LogP contribution in [0.1, 0.15) is 43.2 Å². The van der Waals surface area contributed by atoms with E-state index in [-0.39, 0.29) is 18.1 Å². The van der Waals surface area contributed by atoms with Crippen LogP contribution in [0.15, 0.2) is 23.1 Å². The van der Waals surface area contributed by atoms with Gasteiger partial charge in [-0.3, -0.25) is 4.79 Å². The molecule has 0 unspecified atom stereocenters. The highest BCUT2D eigenvalue weighted by molar-refractivity contribution is 7.99. The van der Waals surface area contributed by atoms with Crippen molar-refractivity contribution in [3.8, 4) is 0 Å². The number of nitrogens with one attached hydrogen (secondary N) is 1. The third-order valence-electron chi connectivity index (χ3n) is 4.15. The number of carbonyl (C=O) groups excluding carboxylic acids is 1. The van der Waals surface area contributed by atoms with Gasteiger partial charge in [-0.1, -0.05) is 18.9 Å². The molecule has 0 bridgehead atoms. The Hall–Kier alpha value is -1.00. The second-order valence-electron chi connectivity index (χ2n) is 5.87. The van der Waals surface area contributed by atoms with E-state index in [0.717, 1.165) is 31.4 Å². The molecular formula is C17H25NO2S. The average molecular weight is 307 g/mol. The molecule has 0 radical (unpaired) electrons. The first kappa shape index (κ1) is 16.4. The molecule has 1 aromatic carbocycles. The number of carbonyl (C=O) groups is 1. The molecule has 3 nitrogen and oxygen atoms in total. The van der Waals surface area contributed by atoms with Crippen molar-refractivity contribution >= 4 is 17.7 Å². The van der Waals surface area contributed by atoms with E-state index in [4.69, 9.17) is 0 Å². The van der Waals surface area contributed by atoms with Gasteiger partial charge in [0.2, 0.25) is 5.91 Å². The van der Waals surface area contributed by atoms with Crippen LogP contribution in [0.3, 0.4) is 0 Å². The van der Waals surface area contributed by atoms with Crippen LogP contribution in [0.4, 0.5) is 0 Å². The Bertz CT molecular complexity index is 490. The lowest BCUT2D eigenvalue weighted by Crippen LogP contribution is -2.45. The molecule has 116 valence electrons. The molecule has 0 aliphatic heterocycles. The molecule has 21 heavy (non-hydrogen) atoms. The fourth-order valence-corrected chi connectivity index (χ4v) is 3.57. The number of aliphatic hydroxyl groups excluding tert-OH is 1. The number of rotatable bonds is 5. The van der Waals surface area contributed by atoms with Gasteiger partial charge in [0.05, 0.1) is 12.1 Å². The molecule has 2 rings (SSSR count). The van der Waals surface area contributed by atoms with Gasteiger partial charge in [0.1, 0.15) is 0 Å². The molecule has 0 aromatic heterocycles. The monoisotopic (exact) mass is 307 g/mol. The van der Waals surface area contributed by atoms with Crippen LogP contribution in [0, 0.1) is 13.8 Å². The van der Waals surface area contributed by atoms with Crippen LogP contribution in [-0.2, 0) is 4.79 Å². The fraction of sp³-hybridized carbons (Fsp3) is 0.588. The molecule has 0 heterocycles. The first-order valence-corrected chi connectivity index (χ1v) is 8.72. The average Bonchev–Trinajstić information content (AvgIpc) is 2.45. The van der Waals surface area contributed by atoms with Crippen molar-refractivity contribution < 1.29 is 9.90 Å². The summed E-state index contributed by atoms with van der Waals surface area (Å²) in [6.45, 7) is 4.21. The van der Waals surface area contributed by atoms with Crippen molar-refractivity contribution in [2.75, 3.05) is 5.75 Å². The predicted molar refractivity (Wildman–Crippen MR) is 87.7 cm³/mol. The molecule has 0 saturated heterocycles. The Kier molecular flexibility index (Phi) is 6.12. The fourth-order valence-electron chi connectivity index (χ4n) is 2.62. The van der Waals surface area contributed by atoms with E-state index in [2.05, 4.69) is 37.4 Å². The molecule has 1 aliphatic rings. The first-order valence-electron chi connectivity index (χ1n) is 7.74. The molecule has 1 aromatic rings. The topological polar surface area (TPSA) is 49.3 Å². The Morgan fingerprint density at radius 3 is 2.76 bits per heavy atom. The van der Waals surface area contributed by atoms with Gasteiger partial charge in [-0.15, -0.1) is 11.8 Å². The highest BCUT2D eigenvalue weighted by atomic mass is 32.2. The normalized spacial score (nSPS) is 22.0. The van der Waals surface area contributed by atoms with Crippen LogP contribution in [0.25, 0.3) is 0 Å². The summed E-state index contributed by atoms with van der Waals surface area (Å²) in [7, 11) is 0. The van der Waals surface area contributed by atoms with Gasteiger partial charge < -0.3 is 10.4 Å². The van der Waals surface area contributed by atoms with E-state index in [1.54, 1.807) is 11.8 Å². The van der Waals surface area contributed by atoms with Crippen molar-refractivity contribution in [2.45, 2.75) is 63.0 Å². The minimum Gasteiger partial charge on any atom is -0.391 e. The lowest BCUT2D eigenvalue weighted by atomic mass is 9.92. The summed E-state index contributed by atoms with van der Waals surface area (Å²) >= 11 is 1.71. The Morgan fingerprint density at radius 1 is 1.29 bits per heavy atom. The Morgan fingerprint density at radius 2 is 2.05 bits per heavy atom. The van der Waals surface area contributed by atoms with Crippen LogP contribution in [0.2, 0.25) is 0 Å². The van der Waals surface area contributed by atoms with Gasteiger partial charge in [-0.2, -0.15) is 0 Å². The SMILES string of the molecule is Cc1ccc(SCCC(=O)N[C@@H]2CCCC[C@H]2O)cc1C. The van der Waals surface area contributed by atoms with Crippen molar-refractivity contribution in [3.05, 3.63) is 29.3 Å². The number of aryl methyl sites for hydroxylation is 2. The quantitative estimate of drug-likeness (QED) is 0.821. The summed E-state index contributed by atoms with van der Waals surface area (Å²) in [6.07, 6.45) is 4.01. The van der Waals surface area contributed by atoms with Gasteiger partial charge in [0.25, 0.3) is 0 Å². The number of amides is 1. The first-order chi connectivity index (χ1) is 10.1. The van der Waals surface area contributed by atoms with Crippen molar-refractivity contribution in [1.29, 1.82) is 0 Å². The Balaban J connectivity index is 1.72. The summed E-state index contributed by atoms with van der Waals surface area (Å²) in [5.41, 5.74) is 2.58. The number of aliphatic hydroxyl groups is 1. The molecule has 1 saturated carbocycles. The highest BCUT2D eigenvalue weighted by Gasteiger charge is 2.24. The minimum atomic E-state index is -0.366. The standard InChI is InChI=1S/C17H25NO2S/c1-12-7-8-14(11-13(12)2)21-10-9-17(20)18-15-5-3-4-6-16(15)19/h7-8,11,15-16,19H,3-6,9-10H2,1-2H3,(H,18,20)/t15-,16-/m1/s1. The molecule has 0 spiro atoms. The molecule has 1 fully saturated rings. The van der Waals surface area contributed by atoms with Gasteiger partial charge >= 0.3 is 0 Å². The van der Waals surface area contributed by atoms with Crippen LogP contribution in [0.5, 0.6) is 0 Å². The smallest absolute Gasteiger partial charge is 0.221 e. The van der Waals surface area contributed by atoms with Crippen molar-refractivity contribution in [2.24, 2.45) is 0 Å². The number of hydrogen-bond donors (Lipinski definition) is 2. The van der Waals surface area contributed by atoms with Gasteiger partial charge in [0.15, 0.2) is 0 Å². The second kappa shape index (κ2) is 7.85. The van der Waals surface area contributed by atoms with Gasteiger partial charge in [-0.25, -0.2) is 0 Å². The van der Waals surface area contributed by atoms with Crippen LogP contribution >= 0.6 is 11.8 Å². The summed E-state index contributed by atoms with van der Waals surface area (Å²) in [6, 6.07) is 6.35. The molecule has 1 aliphatic carbocycles. The summed E-state index contributed by atoms with van der Waals surface area (Å²) in [5, 5.41) is 12.8. The van der Waals surface area contributed by atoms with E-state index in [1.807, 2.05) is 0 Å². The summed E-state index contributed by atoms with van der Waals surface area (Å²) < 4.78 is 0. The number of benzene rings is 1. The lowest BCUT2D eigenvalue weighted by Gasteiger charge is -2.28. The zero-order valence-electron chi connectivity index (χ0n) is 12.9. The van der Waals surface area contributed by atoms with E-state index in [1.165, 1.54) is 16.0 Å². The third kappa shape index (κ3) is 5.04. The summed E-state index contributed by atoms with van der Waals surface area (Å²) in [5.74, 6) is 0.828. The van der Waals surface area contributed by atoms with Crippen molar-refractivity contribution in [1.82, 2.24) is 5.32 Å². The summed E-state index contributed by atoms with van der Waals surface area (Å²) in [4.78, 5) is 13.1. The Labute approximate surface area is 131 Å². The molecule has 4 heteroatoms. The van der Waals surface area contributed by atoms with E-state index < -0.39 is 0 Å². The number of thioether (sulfide) groups is 1. The number of hydrogen-bond acceptors (Lipinski definition) is 3. The van der Waals surface area contributed by atoms with E-state index in [9.17, 15) is 9.90 Å². The molecule has 2 N–H and O–H groups in total. The predicted octanol–water partition coefficient (Wildman–Crippen LogP) is 3.21. The van der Waals surface area contributed by atoms with E-state index in [0.29, 0.717) is 6.42 Å². The second-order valence-corrected chi connectivity index (χ2v) is 7.04. The molecule has 2 atom stereocenters. The highest BCUT2D eigenvalue weighted by Crippen LogP contribution is 2.22. The van der Waals surface area contributed by atoms with Crippen molar-refractivity contribution in [3.63, 3.8) is 0 Å². The minimum absolute atomic E-state index is 0.0436. The van der Waals surface area contributed by atoms with Gasteiger partial charge in [0, 0.05) is 17.1 Å². The maximum Gasteiger partial charge on any atom is 0.221 e. The zero-order chi connectivity index (χ0) is 15.2. The van der Waals surface area contributed by atoms with Crippen LogP contribution in [-0.4, -0.2) is 28.9 Å². The zero-order valence-corrected chi connectivity index (χ0v) is 13.7. The maximum absolute atomic E-state index is 11.9. The maximum atomic E-state index is 11.9.